The van der Waals surface area contributed by atoms with Crippen LogP contribution in [0.5, 0.6) is 11.5 Å². The molecule has 0 unspecified atom stereocenters. The molecule has 0 aromatic heterocycles. The van der Waals surface area contributed by atoms with Crippen molar-refractivity contribution in [3.8, 4) is 11.5 Å². The van der Waals surface area contributed by atoms with Crippen LogP contribution in [0.4, 0.5) is 9.59 Å². The van der Waals surface area contributed by atoms with Crippen molar-refractivity contribution in [1.29, 1.82) is 0 Å². The van der Waals surface area contributed by atoms with Crippen LogP contribution in [0.15, 0.2) is 53.4 Å². The van der Waals surface area contributed by atoms with Gasteiger partial charge in [0.1, 0.15) is 6.10 Å². The average molecular weight is 719 g/mol. The molecule has 3 amide bonds. The molecule has 276 valence electrons. The normalized spacial score (nSPS) is 21.0. The Hall–Kier alpha value is -3.63. The maximum atomic E-state index is 14.3. The monoisotopic (exact) mass is 718 g/mol. The molecule has 2 aromatic carbocycles. The topological polar surface area (TPSA) is 165 Å². The van der Waals surface area contributed by atoms with Crippen LogP contribution in [0.1, 0.15) is 45.1 Å². The Kier molecular flexibility index (Phi) is 12.5. The second-order valence-corrected chi connectivity index (χ2v) is 16.0. The van der Waals surface area contributed by atoms with Gasteiger partial charge in [0.2, 0.25) is 16.8 Å². The van der Waals surface area contributed by atoms with Crippen molar-refractivity contribution in [2.45, 2.75) is 75.4 Å². The van der Waals surface area contributed by atoms with E-state index in [-0.39, 0.29) is 49.8 Å². The highest BCUT2D eigenvalue weighted by molar-refractivity contribution is 7.89. The molecule has 15 heteroatoms. The maximum Gasteiger partial charge on any atom is 0.407 e. The summed E-state index contributed by atoms with van der Waals surface area (Å²) in [7, 11) is -0.818. The number of alkyl carbamates (subject to hydrolysis) is 1. The molecule has 5 rings (SSSR count). The number of amides is 3. The Morgan fingerprint density at radius 3 is 2.58 bits per heavy atom. The van der Waals surface area contributed by atoms with Crippen LogP contribution in [0, 0.1) is 11.3 Å². The van der Waals surface area contributed by atoms with E-state index < -0.39 is 46.1 Å². The number of aliphatic hydroxyl groups is 1. The van der Waals surface area contributed by atoms with Gasteiger partial charge in [0, 0.05) is 39.8 Å². The minimum absolute atomic E-state index is 0.00213. The number of hydrogen-bond donors (Lipinski definition) is 3. The number of aliphatic hydroxyl groups excluding tert-OH is 1. The van der Waals surface area contributed by atoms with Gasteiger partial charge in [-0.25, -0.2) is 18.0 Å². The van der Waals surface area contributed by atoms with Crippen molar-refractivity contribution in [2.24, 2.45) is 11.3 Å². The molecule has 0 spiro atoms. The van der Waals surface area contributed by atoms with Gasteiger partial charge >= 0.3 is 12.1 Å². The summed E-state index contributed by atoms with van der Waals surface area (Å²) in [6.07, 6.45) is 0.129. The van der Waals surface area contributed by atoms with Gasteiger partial charge in [0.15, 0.2) is 17.8 Å². The molecule has 3 N–H and O–H groups in total. The third kappa shape index (κ3) is 9.78. The predicted molar refractivity (Wildman–Crippen MR) is 183 cm³/mol. The Labute approximate surface area is 294 Å². The first-order chi connectivity index (χ1) is 23.8. The highest BCUT2D eigenvalue weighted by atomic mass is 32.2. The Morgan fingerprint density at radius 1 is 1.06 bits per heavy atom. The number of nitrogens with one attached hydrogen (secondary N) is 2. The van der Waals surface area contributed by atoms with E-state index in [0.29, 0.717) is 43.9 Å². The molecule has 0 radical (unpaired) electrons. The number of carbonyl (C=O) groups excluding carboxylic acids is 2. The van der Waals surface area contributed by atoms with Gasteiger partial charge in [-0.3, -0.25) is 0 Å². The van der Waals surface area contributed by atoms with E-state index >= 15 is 0 Å². The third-order valence-corrected chi connectivity index (χ3v) is 11.1. The predicted octanol–water partition coefficient (Wildman–Crippen LogP) is 3.33. The molecule has 3 aliphatic rings. The summed E-state index contributed by atoms with van der Waals surface area (Å²) < 4.78 is 57.7. The fourth-order valence-corrected chi connectivity index (χ4v) is 8.09. The second kappa shape index (κ2) is 16.6. The number of ether oxygens (including phenoxy) is 5. The molecule has 3 heterocycles. The van der Waals surface area contributed by atoms with E-state index in [2.05, 4.69) is 10.6 Å². The zero-order chi connectivity index (χ0) is 35.9. The summed E-state index contributed by atoms with van der Waals surface area (Å²) in [6.45, 7) is 4.96. The minimum atomic E-state index is -4.17. The molecule has 0 aliphatic carbocycles. The quantitative estimate of drug-likeness (QED) is 0.219. The summed E-state index contributed by atoms with van der Waals surface area (Å²) in [6, 6.07) is 12.7. The Bertz CT molecular complexity index is 1560. The van der Waals surface area contributed by atoms with Crippen LogP contribution in [-0.2, 0) is 30.7 Å². The van der Waals surface area contributed by atoms with E-state index in [0.717, 1.165) is 12.0 Å². The molecule has 3 aliphatic heterocycles. The third-order valence-electron chi connectivity index (χ3n) is 9.25. The lowest BCUT2D eigenvalue weighted by atomic mass is 9.87. The van der Waals surface area contributed by atoms with Crippen LogP contribution in [0.3, 0.4) is 0 Å². The number of fused-ring (bicyclic) bond motifs is 2. The van der Waals surface area contributed by atoms with E-state index in [9.17, 15) is 23.1 Å². The van der Waals surface area contributed by atoms with Crippen LogP contribution < -0.4 is 20.1 Å². The zero-order valence-corrected chi connectivity index (χ0v) is 30.0. The number of benzene rings is 2. The van der Waals surface area contributed by atoms with Crippen molar-refractivity contribution < 1.29 is 46.8 Å². The number of nitrogens with zero attached hydrogens (tertiary/aromatic N) is 2. The molecule has 14 nitrogen and oxygen atoms in total. The summed E-state index contributed by atoms with van der Waals surface area (Å²) in [5.74, 6) is 0.709. The van der Waals surface area contributed by atoms with Crippen molar-refractivity contribution in [2.75, 3.05) is 53.7 Å². The van der Waals surface area contributed by atoms with Crippen LogP contribution in [0.25, 0.3) is 0 Å². The number of rotatable bonds is 16. The van der Waals surface area contributed by atoms with E-state index in [1.165, 1.54) is 21.3 Å². The van der Waals surface area contributed by atoms with Crippen molar-refractivity contribution >= 4 is 22.1 Å². The van der Waals surface area contributed by atoms with Crippen LogP contribution in [-0.4, -0.2) is 113 Å². The maximum absolute atomic E-state index is 14.3. The van der Waals surface area contributed by atoms with Crippen LogP contribution in [0.2, 0.25) is 0 Å². The summed E-state index contributed by atoms with van der Waals surface area (Å²) in [4.78, 5) is 26.6. The number of carbonyl (C=O) groups is 2. The fourth-order valence-electron chi connectivity index (χ4n) is 6.43. The summed E-state index contributed by atoms with van der Waals surface area (Å²) in [5, 5.41) is 17.5. The first-order valence-corrected chi connectivity index (χ1v) is 18.5. The zero-order valence-electron chi connectivity index (χ0n) is 29.2. The van der Waals surface area contributed by atoms with Crippen molar-refractivity contribution in [3.05, 3.63) is 54.1 Å². The van der Waals surface area contributed by atoms with E-state index in [4.69, 9.17) is 23.7 Å². The van der Waals surface area contributed by atoms with E-state index in [1.54, 1.807) is 20.2 Å². The van der Waals surface area contributed by atoms with Gasteiger partial charge in [-0.1, -0.05) is 50.6 Å². The van der Waals surface area contributed by atoms with Gasteiger partial charge in [-0.2, -0.15) is 4.31 Å². The molecule has 0 bridgehead atoms. The number of urea groups is 1. The molecular weight excluding hydrogens is 668 g/mol. The number of hydrogen-bond acceptors (Lipinski definition) is 10. The van der Waals surface area contributed by atoms with Gasteiger partial charge in [0.05, 0.1) is 36.2 Å². The molecule has 0 saturated carbocycles. The van der Waals surface area contributed by atoms with E-state index in [1.807, 2.05) is 44.2 Å². The lowest BCUT2D eigenvalue weighted by molar-refractivity contribution is -0.0907. The van der Waals surface area contributed by atoms with Crippen LogP contribution >= 0.6 is 0 Å². The molecule has 50 heavy (non-hydrogen) atoms. The SMILES string of the molecule is CN(C)C(=O)NCCCCC(C)(C)CN(C[C@H](O)[C@H](Cc1ccccc1)NC(=O)O[C@H]1CO[C@H]2OCC[C@H]21)S(=O)(=O)c1ccc2c(c1)OCO2. The molecular formula is C35H50N4O10S. The molecule has 5 atom stereocenters. The molecule has 2 fully saturated rings. The highest BCUT2D eigenvalue weighted by Crippen LogP contribution is 2.36. The molecule has 2 aromatic rings. The number of sulfonamides is 1. The Balaban J connectivity index is 1.33. The minimum Gasteiger partial charge on any atom is -0.454 e. The highest BCUT2D eigenvalue weighted by Gasteiger charge is 2.44. The standard InChI is InChI=1S/C35H50N4O10S/c1-35(2,15-8-9-16-36-33(41)38(3)4)22-39(50(43,44)25-12-13-29-30(19-25)48-23-47-29)20-28(40)27(18-24-10-6-5-7-11-24)37-34(42)49-31-21-46-32-26(31)14-17-45-32/h5-7,10-13,19,26-28,31-32,40H,8-9,14-18,20-23H2,1-4H3,(H,36,41)(H,37,42)/t26-,27-,28-,31-,32+/m0/s1. The van der Waals surface area contributed by atoms with Gasteiger partial charge < -0.3 is 44.3 Å². The summed E-state index contributed by atoms with van der Waals surface area (Å²) >= 11 is 0. The van der Waals surface area contributed by atoms with Crippen molar-refractivity contribution in [3.63, 3.8) is 0 Å². The first-order valence-electron chi connectivity index (χ1n) is 17.1. The first kappa shape index (κ1) is 37.6. The smallest absolute Gasteiger partial charge is 0.407 e. The van der Waals surface area contributed by atoms with Gasteiger partial charge in [-0.15, -0.1) is 0 Å². The largest absolute Gasteiger partial charge is 0.454 e. The lowest BCUT2D eigenvalue weighted by Crippen LogP contribution is -2.52. The average Bonchev–Trinajstić information content (AvgIpc) is 3.83. The van der Waals surface area contributed by atoms with Gasteiger partial charge in [0.25, 0.3) is 0 Å². The van der Waals surface area contributed by atoms with Gasteiger partial charge in [-0.05, 0) is 48.8 Å². The Morgan fingerprint density at radius 2 is 1.82 bits per heavy atom. The van der Waals surface area contributed by atoms with Crippen molar-refractivity contribution in [1.82, 2.24) is 19.8 Å². The number of unbranched alkanes of at least 4 members (excludes halogenated alkanes) is 1. The summed E-state index contributed by atoms with van der Waals surface area (Å²) in [5.41, 5.74) is 0.329. The lowest BCUT2D eigenvalue weighted by Gasteiger charge is -2.35. The second-order valence-electron chi connectivity index (χ2n) is 14.0. The fraction of sp³-hybridized carbons (Fsp3) is 0.600. The molecule has 2 saturated heterocycles.